The quantitative estimate of drug-likeness (QED) is 0.616. The summed E-state index contributed by atoms with van der Waals surface area (Å²) in [5.74, 6) is 0.820. The summed E-state index contributed by atoms with van der Waals surface area (Å²) in [5, 5.41) is 10.9. The Bertz CT molecular complexity index is 447. The van der Waals surface area contributed by atoms with Crippen molar-refractivity contribution in [2.45, 2.75) is 25.8 Å². The lowest BCUT2D eigenvalue weighted by Crippen LogP contribution is -2.29. The molecule has 0 heterocycles. The Morgan fingerprint density at radius 1 is 1.50 bits per heavy atom. The van der Waals surface area contributed by atoms with Gasteiger partial charge in [-0.05, 0) is 53.4 Å². The van der Waals surface area contributed by atoms with Crippen LogP contribution in [0.1, 0.15) is 24.8 Å². The average molecular weight is 313 g/mol. The van der Waals surface area contributed by atoms with Crippen LogP contribution in [0, 0.1) is 16.0 Å². The Morgan fingerprint density at radius 2 is 2.22 bits per heavy atom. The first kappa shape index (κ1) is 13.5. The average Bonchev–Trinajstić information content (AvgIpc) is 2.26. The highest BCUT2D eigenvalue weighted by Gasteiger charge is 2.19. The maximum absolute atomic E-state index is 10.9. The molecule has 1 aliphatic rings. The second-order valence-electron chi connectivity index (χ2n) is 5.04. The van der Waals surface area contributed by atoms with Crippen molar-refractivity contribution in [2.75, 3.05) is 13.6 Å². The summed E-state index contributed by atoms with van der Waals surface area (Å²) >= 11 is 3.20. The minimum Gasteiger partial charge on any atom is -0.302 e. The topological polar surface area (TPSA) is 46.4 Å². The molecule has 5 heteroatoms. The van der Waals surface area contributed by atoms with E-state index in [2.05, 4.69) is 27.9 Å². The molecule has 0 N–H and O–H groups in total. The largest absolute Gasteiger partial charge is 0.302 e. The van der Waals surface area contributed by atoms with Crippen molar-refractivity contribution in [1.29, 1.82) is 0 Å². The van der Waals surface area contributed by atoms with Gasteiger partial charge in [-0.2, -0.15) is 0 Å². The van der Waals surface area contributed by atoms with Crippen LogP contribution < -0.4 is 0 Å². The lowest BCUT2D eigenvalue weighted by Gasteiger charge is -2.30. The van der Waals surface area contributed by atoms with Crippen LogP contribution in [-0.2, 0) is 6.54 Å². The Hall–Kier alpha value is -0.940. The molecule has 0 radical (unpaired) electrons. The maximum atomic E-state index is 10.9. The van der Waals surface area contributed by atoms with Crippen LogP contribution in [-0.4, -0.2) is 23.4 Å². The van der Waals surface area contributed by atoms with E-state index in [0.717, 1.165) is 24.6 Å². The van der Waals surface area contributed by atoms with E-state index in [9.17, 15) is 10.1 Å². The van der Waals surface area contributed by atoms with Crippen molar-refractivity contribution >= 4 is 21.6 Å². The first-order valence-corrected chi connectivity index (χ1v) is 6.97. The van der Waals surface area contributed by atoms with E-state index < -0.39 is 0 Å². The number of nitrogens with zero attached hydrogens (tertiary/aromatic N) is 2. The molecule has 18 heavy (non-hydrogen) atoms. The van der Waals surface area contributed by atoms with Gasteiger partial charge in [-0.3, -0.25) is 10.1 Å². The van der Waals surface area contributed by atoms with Crippen LogP contribution in [0.4, 0.5) is 5.69 Å². The Morgan fingerprint density at radius 3 is 2.78 bits per heavy atom. The summed E-state index contributed by atoms with van der Waals surface area (Å²) in [6.07, 6.45) is 4.00. The maximum Gasteiger partial charge on any atom is 0.283 e. The molecule has 0 bridgehead atoms. The molecule has 0 spiro atoms. The molecule has 1 aromatic rings. The van der Waals surface area contributed by atoms with Crippen molar-refractivity contribution < 1.29 is 4.92 Å². The summed E-state index contributed by atoms with van der Waals surface area (Å²) in [4.78, 5) is 12.8. The number of hydrogen-bond donors (Lipinski definition) is 0. The van der Waals surface area contributed by atoms with Crippen LogP contribution in [0.3, 0.4) is 0 Å². The molecule has 0 aliphatic heterocycles. The first-order chi connectivity index (χ1) is 8.56. The molecular weight excluding hydrogens is 296 g/mol. The lowest BCUT2D eigenvalue weighted by atomic mass is 9.85. The Labute approximate surface area is 115 Å². The van der Waals surface area contributed by atoms with Gasteiger partial charge in [0, 0.05) is 19.2 Å². The zero-order valence-electron chi connectivity index (χ0n) is 10.4. The molecule has 0 amide bonds. The number of benzene rings is 1. The first-order valence-electron chi connectivity index (χ1n) is 6.17. The van der Waals surface area contributed by atoms with Gasteiger partial charge in [-0.25, -0.2) is 0 Å². The van der Waals surface area contributed by atoms with E-state index >= 15 is 0 Å². The van der Waals surface area contributed by atoms with Gasteiger partial charge >= 0.3 is 0 Å². The zero-order valence-corrected chi connectivity index (χ0v) is 12.0. The van der Waals surface area contributed by atoms with Crippen molar-refractivity contribution in [3.05, 3.63) is 38.3 Å². The standard InChI is InChI=1S/C13H17BrN2O2/c1-15(8-10-3-2-4-10)9-11-5-6-12(14)13(7-11)16(17)18/h5-7,10H,2-4,8-9H2,1H3. The second-order valence-corrected chi connectivity index (χ2v) is 5.89. The smallest absolute Gasteiger partial charge is 0.283 e. The Kier molecular flexibility index (Phi) is 4.35. The Balaban J connectivity index is 1.99. The van der Waals surface area contributed by atoms with Crippen molar-refractivity contribution in [2.24, 2.45) is 5.92 Å². The number of hydrogen-bond acceptors (Lipinski definition) is 3. The van der Waals surface area contributed by atoms with Gasteiger partial charge in [-0.1, -0.05) is 12.5 Å². The number of rotatable bonds is 5. The van der Waals surface area contributed by atoms with Gasteiger partial charge in [0.05, 0.1) is 9.40 Å². The molecule has 1 aromatic carbocycles. The van der Waals surface area contributed by atoms with Crippen molar-refractivity contribution in [1.82, 2.24) is 4.90 Å². The van der Waals surface area contributed by atoms with Crippen LogP contribution in [0.2, 0.25) is 0 Å². The highest BCUT2D eigenvalue weighted by Crippen LogP contribution is 2.28. The van der Waals surface area contributed by atoms with E-state index in [0.29, 0.717) is 4.47 Å². The molecule has 1 fully saturated rings. The number of nitro benzene ring substituents is 1. The van der Waals surface area contributed by atoms with E-state index in [1.165, 1.54) is 19.3 Å². The van der Waals surface area contributed by atoms with E-state index in [-0.39, 0.29) is 10.6 Å². The fourth-order valence-corrected chi connectivity index (χ4v) is 2.68. The van der Waals surface area contributed by atoms with Gasteiger partial charge in [0.25, 0.3) is 5.69 Å². The third kappa shape index (κ3) is 3.29. The van der Waals surface area contributed by atoms with Crippen LogP contribution in [0.25, 0.3) is 0 Å². The van der Waals surface area contributed by atoms with Crippen molar-refractivity contribution in [3.63, 3.8) is 0 Å². The van der Waals surface area contributed by atoms with Crippen LogP contribution in [0.5, 0.6) is 0 Å². The summed E-state index contributed by atoms with van der Waals surface area (Å²) < 4.78 is 0.540. The SMILES string of the molecule is CN(Cc1ccc(Br)c([N+](=O)[O-])c1)CC1CCC1. The van der Waals surface area contributed by atoms with Gasteiger partial charge in [0.2, 0.25) is 0 Å². The second kappa shape index (κ2) is 5.80. The molecule has 2 rings (SSSR count). The summed E-state index contributed by atoms with van der Waals surface area (Å²) in [7, 11) is 2.08. The van der Waals surface area contributed by atoms with E-state index in [1.54, 1.807) is 12.1 Å². The van der Waals surface area contributed by atoms with Gasteiger partial charge < -0.3 is 4.90 Å². The summed E-state index contributed by atoms with van der Waals surface area (Å²) in [6.45, 7) is 1.86. The molecule has 98 valence electrons. The highest BCUT2D eigenvalue weighted by molar-refractivity contribution is 9.10. The molecule has 4 nitrogen and oxygen atoms in total. The lowest BCUT2D eigenvalue weighted by molar-refractivity contribution is -0.385. The predicted molar refractivity (Wildman–Crippen MR) is 74.5 cm³/mol. The minimum atomic E-state index is -0.348. The molecule has 0 unspecified atom stereocenters. The summed E-state index contributed by atoms with van der Waals surface area (Å²) in [5.41, 5.74) is 1.14. The molecule has 1 saturated carbocycles. The van der Waals surface area contributed by atoms with Gasteiger partial charge in [0.1, 0.15) is 0 Å². The van der Waals surface area contributed by atoms with Crippen molar-refractivity contribution in [3.8, 4) is 0 Å². The molecule has 0 saturated heterocycles. The van der Waals surface area contributed by atoms with E-state index in [4.69, 9.17) is 0 Å². The van der Waals surface area contributed by atoms with Crippen LogP contribution in [0.15, 0.2) is 22.7 Å². The predicted octanol–water partition coefficient (Wildman–Crippen LogP) is 3.59. The molecular formula is C13H17BrN2O2. The number of halogens is 1. The third-order valence-electron chi connectivity index (χ3n) is 3.45. The number of nitro groups is 1. The zero-order chi connectivity index (χ0) is 13.1. The fraction of sp³-hybridized carbons (Fsp3) is 0.538. The third-order valence-corrected chi connectivity index (χ3v) is 4.12. The molecule has 0 aromatic heterocycles. The summed E-state index contributed by atoms with van der Waals surface area (Å²) in [6, 6.07) is 5.35. The fourth-order valence-electron chi connectivity index (χ4n) is 2.29. The van der Waals surface area contributed by atoms with E-state index in [1.807, 2.05) is 6.07 Å². The monoisotopic (exact) mass is 312 g/mol. The molecule has 1 aliphatic carbocycles. The minimum absolute atomic E-state index is 0.143. The highest BCUT2D eigenvalue weighted by atomic mass is 79.9. The van der Waals surface area contributed by atoms with Gasteiger partial charge in [-0.15, -0.1) is 0 Å². The van der Waals surface area contributed by atoms with Gasteiger partial charge in [0.15, 0.2) is 0 Å². The van der Waals surface area contributed by atoms with Crippen LogP contribution >= 0.6 is 15.9 Å². The molecule has 0 atom stereocenters. The normalized spacial score (nSPS) is 15.7.